The van der Waals surface area contributed by atoms with E-state index in [2.05, 4.69) is 5.32 Å². The number of amides is 2. The Kier molecular flexibility index (Phi) is 6.45. The van der Waals surface area contributed by atoms with Gasteiger partial charge in [0.25, 0.3) is 0 Å². The molecule has 1 aromatic rings. The number of carbonyl (C=O) groups is 2. The van der Waals surface area contributed by atoms with Crippen LogP contribution in [0.1, 0.15) is 33.6 Å². The average molecular weight is 484 g/mol. The van der Waals surface area contributed by atoms with Crippen molar-refractivity contribution in [1.82, 2.24) is 9.21 Å². The van der Waals surface area contributed by atoms with E-state index in [1.165, 1.54) is 16.4 Å². The van der Waals surface area contributed by atoms with Crippen molar-refractivity contribution >= 4 is 39.3 Å². The van der Waals surface area contributed by atoms with Gasteiger partial charge in [-0.05, 0) is 45.4 Å². The highest BCUT2D eigenvalue weighted by molar-refractivity contribution is 8.01. The Morgan fingerprint density at radius 1 is 1.31 bits per heavy atom. The van der Waals surface area contributed by atoms with E-state index in [0.29, 0.717) is 31.1 Å². The minimum atomic E-state index is -3.74. The largest absolute Gasteiger partial charge is 0.489 e. The van der Waals surface area contributed by atoms with Crippen LogP contribution in [0.4, 0.5) is 5.69 Å². The molecule has 2 atom stereocenters. The van der Waals surface area contributed by atoms with Gasteiger partial charge in [0.1, 0.15) is 11.8 Å². The van der Waals surface area contributed by atoms with Crippen molar-refractivity contribution in [1.29, 1.82) is 0 Å². The summed E-state index contributed by atoms with van der Waals surface area (Å²) in [5.41, 5.74) is 0.281. The van der Waals surface area contributed by atoms with E-state index in [9.17, 15) is 18.0 Å². The van der Waals surface area contributed by atoms with Crippen molar-refractivity contribution in [3.8, 4) is 5.75 Å². The van der Waals surface area contributed by atoms with Crippen LogP contribution in [0.2, 0.25) is 0 Å². The number of rotatable bonds is 6. The summed E-state index contributed by atoms with van der Waals surface area (Å²) in [6.45, 7) is 6.95. The summed E-state index contributed by atoms with van der Waals surface area (Å²) in [5.74, 6) is 0.515. The number of anilines is 1. The number of benzene rings is 1. The van der Waals surface area contributed by atoms with Crippen molar-refractivity contribution in [2.75, 3.05) is 37.4 Å². The molecule has 4 rings (SSSR count). The molecule has 0 bridgehead atoms. The van der Waals surface area contributed by atoms with Gasteiger partial charge < -0.3 is 19.7 Å². The monoisotopic (exact) mass is 483 g/mol. The number of nitrogens with one attached hydrogen (secondary N) is 1. The molecular weight excluding hydrogens is 454 g/mol. The van der Waals surface area contributed by atoms with Gasteiger partial charge in [-0.1, -0.05) is 0 Å². The normalized spacial score (nSPS) is 26.4. The highest BCUT2D eigenvalue weighted by Crippen LogP contribution is 2.47. The van der Waals surface area contributed by atoms with Crippen LogP contribution in [0, 0.1) is 0 Å². The lowest BCUT2D eigenvalue weighted by Crippen LogP contribution is -2.48. The molecule has 3 aliphatic rings. The van der Waals surface area contributed by atoms with E-state index in [0.717, 1.165) is 6.42 Å². The smallest absolute Gasteiger partial charge is 0.248 e. The Morgan fingerprint density at radius 3 is 2.72 bits per heavy atom. The zero-order valence-electron chi connectivity index (χ0n) is 18.5. The third kappa shape index (κ3) is 4.35. The first-order valence-electron chi connectivity index (χ1n) is 10.8. The Bertz CT molecular complexity index is 1010. The number of hydrogen-bond donors (Lipinski definition) is 1. The maximum absolute atomic E-state index is 13.2. The molecule has 0 unspecified atom stereocenters. The number of nitrogens with zero attached hydrogens (tertiary/aromatic N) is 2. The summed E-state index contributed by atoms with van der Waals surface area (Å²) in [7, 11) is -3.74. The van der Waals surface area contributed by atoms with Gasteiger partial charge in [0, 0.05) is 25.3 Å². The fourth-order valence-corrected chi connectivity index (χ4v) is 7.16. The van der Waals surface area contributed by atoms with Crippen molar-refractivity contribution < 1.29 is 27.5 Å². The molecular formula is C21H29N3O6S2. The highest BCUT2D eigenvalue weighted by Gasteiger charge is 2.53. The number of thioether (sulfide) groups is 1. The van der Waals surface area contributed by atoms with Gasteiger partial charge >= 0.3 is 0 Å². The van der Waals surface area contributed by atoms with Gasteiger partial charge in [-0.2, -0.15) is 4.31 Å². The molecule has 0 radical (unpaired) electrons. The van der Waals surface area contributed by atoms with Gasteiger partial charge in [-0.3, -0.25) is 9.59 Å². The third-order valence-corrected chi connectivity index (χ3v) is 9.33. The molecule has 0 aromatic heterocycles. The molecule has 3 fully saturated rings. The Morgan fingerprint density at radius 2 is 2.03 bits per heavy atom. The molecule has 11 heteroatoms. The molecule has 0 aliphatic carbocycles. The third-order valence-electron chi connectivity index (χ3n) is 5.93. The van der Waals surface area contributed by atoms with Crippen LogP contribution >= 0.6 is 11.8 Å². The summed E-state index contributed by atoms with van der Waals surface area (Å²) < 4.78 is 38.7. The second-order valence-corrected chi connectivity index (χ2v) is 12.0. The molecule has 1 N–H and O–H groups in total. The van der Waals surface area contributed by atoms with Crippen LogP contribution in [0.25, 0.3) is 0 Å². The molecule has 0 saturated carbocycles. The number of hydrogen-bond acceptors (Lipinski definition) is 7. The maximum Gasteiger partial charge on any atom is 0.248 e. The molecule has 0 spiro atoms. The molecule has 176 valence electrons. The van der Waals surface area contributed by atoms with Crippen LogP contribution in [-0.4, -0.2) is 78.5 Å². The average Bonchev–Trinajstić information content (AvgIpc) is 3.25. The minimum Gasteiger partial charge on any atom is -0.489 e. The van der Waals surface area contributed by atoms with E-state index in [4.69, 9.17) is 9.47 Å². The number of carbonyl (C=O) groups excluding carboxylic acids is 2. The quantitative estimate of drug-likeness (QED) is 0.659. The van der Waals surface area contributed by atoms with E-state index in [-0.39, 0.29) is 46.5 Å². The fraction of sp³-hybridized carbons (Fsp3) is 0.619. The predicted molar refractivity (Wildman–Crippen MR) is 121 cm³/mol. The molecule has 3 aliphatic heterocycles. The molecule has 3 heterocycles. The lowest BCUT2D eigenvalue weighted by Gasteiger charge is -2.30. The number of sulfonamides is 1. The van der Waals surface area contributed by atoms with Crippen LogP contribution < -0.4 is 10.1 Å². The van der Waals surface area contributed by atoms with Gasteiger partial charge in [-0.25, -0.2) is 8.42 Å². The molecule has 3 saturated heterocycles. The lowest BCUT2D eigenvalue weighted by molar-refractivity contribution is -0.135. The number of morpholine rings is 1. The zero-order valence-corrected chi connectivity index (χ0v) is 20.1. The van der Waals surface area contributed by atoms with Crippen molar-refractivity contribution in [2.45, 2.75) is 55.5 Å². The standard InChI is InChI=1S/C21H29N3O6S2/c1-14(2)30-18-5-4-15(32(27,28)23-8-10-29-11-9-23)12-16(18)22-20(26)17-13-31-21(3)7-6-19(25)24(17)21/h4-5,12,14,17H,6-11,13H2,1-3H3,(H,22,26)/t17-,21+/m1/s1. The fourth-order valence-electron chi connectivity index (χ4n) is 4.29. The van der Waals surface area contributed by atoms with E-state index in [1.54, 1.807) is 22.7 Å². The van der Waals surface area contributed by atoms with Crippen molar-refractivity contribution in [3.05, 3.63) is 18.2 Å². The number of ether oxygens (including phenoxy) is 2. The maximum atomic E-state index is 13.2. The summed E-state index contributed by atoms with van der Waals surface area (Å²) in [6.07, 6.45) is 0.982. The second-order valence-electron chi connectivity index (χ2n) is 8.60. The highest BCUT2D eigenvalue weighted by atomic mass is 32.2. The summed E-state index contributed by atoms with van der Waals surface area (Å²) in [4.78, 5) is 27.0. The zero-order chi connectivity index (χ0) is 23.1. The van der Waals surface area contributed by atoms with Gasteiger partial charge in [0.05, 0.1) is 34.8 Å². The van der Waals surface area contributed by atoms with Crippen LogP contribution in [0.3, 0.4) is 0 Å². The second kappa shape index (κ2) is 8.85. The Labute approximate surface area is 192 Å². The molecule has 32 heavy (non-hydrogen) atoms. The summed E-state index contributed by atoms with van der Waals surface area (Å²) in [6, 6.07) is 3.89. The van der Waals surface area contributed by atoms with Crippen molar-refractivity contribution in [3.63, 3.8) is 0 Å². The van der Waals surface area contributed by atoms with Crippen LogP contribution in [-0.2, 0) is 24.3 Å². The van der Waals surface area contributed by atoms with E-state index in [1.807, 2.05) is 20.8 Å². The van der Waals surface area contributed by atoms with Crippen molar-refractivity contribution in [2.24, 2.45) is 0 Å². The topological polar surface area (TPSA) is 105 Å². The van der Waals surface area contributed by atoms with Crippen LogP contribution in [0.5, 0.6) is 5.75 Å². The first-order chi connectivity index (χ1) is 15.1. The van der Waals surface area contributed by atoms with Gasteiger partial charge in [-0.15, -0.1) is 11.8 Å². The van der Waals surface area contributed by atoms with E-state index < -0.39 is 16.1 Å². The first kappa shape index (κ1) is 23.3. The Hall–Kier alpha value is -1.82. The molecule has 9 nitrogen and oxygen atoms in total. The number of fused-ring (bicyclic) bond motifs is 1. The lowest BCUT2D eigenvalue weighted by atomic mass is 10.2. The predicted octanol–water partition coefficient (Wildman–Crippen LogP) is 1.89. The first-order valence-corrected chi connectivity index (χ1v) is 13.2. The van der Waals surface area contributed by atoms with Gasteiger partial charge in [0.2, 0.25) is 21.8 Å². The Balaban J connectivity index is 1.62. The van der Waals surface area contributed by atoms with Gasteiger partial charge in [0.15, 0.2) is 0 Å². The SMILES string of the molecule is CC(C)Oc1ccc(S(=O)(=O)N2CCOCC2)cc1NC(=O)[C@H]1CS[C@@]2(C)CCC(=O)N12. The minimum absolute atomic E-state index is 0.0278. The summed E-state index contributed by atoms with van der Waals surface area (Å²) in [5, 5.41) is 2.84. The van der Waals surface area contributed by atoms with Crippen LogP contribution in [0.15, 0.2) is 23.1 Å². The van der Waals surface area contributed by atoms with E-state index >= 15 is 0 Å². The molecule has 1 aromatic carbocycles. The summed E-state index contributed by atoms with van der Waals surface area (Å²) >= 11 is 1.61. The molecule has 2 amide bonds.